The molecule has 2 aliphatic rings. The number of nitrogens with zero attached hydrogens (tertiary/aromatic N) is 1. The number of carbonyl (C=O) groups is 2. The number of hydrogen-bond donors (Lipinski definition) is 2. The molecule has 0 aromatic heterocycles. The summed E-state index contributed by atoms with van der Waals surface area (Å²) in [5.74, 6) is -0.206. The first-order chi connectivity index (χ1) is 10.9. The van der Waals surface area contributed by atoms with Crippen molar-refractivity contribution in [3.63, 3.8) is 0 Å². The first-order valence-electron chi connectivity index (χ1n) is 8.01. The Kier molecular flexibility index (Phi) is 4.02. The van der Waals surface area contributed by atoms with Gasteiger partial charge in [0.05, 0.1) is 29.6 Å². The van der Waals surface area contributed by atoms with Crippen LogP contribution in [0.5, 0.6) is 0 Å². The van der Waals surface area contributed by atoms with Crippen molar-refractivity contribution in [3.05, 3.63) is 23.8 Å². The Hall–Kier alpha value is -2.08. The number of anilines is 2. The van der Waals surface area contributed by atoms with Crippen molar-refractivity contribution in [1.29, 1.82) is 0 Å². The van der Waals surface area contributed by atoms with Crippen LogP contribution in [0.3, 0.4) is 0 Å². The van der Waals surface area contributed by atoms with E-state index in [0.717, 1.165) is 12.1 Å². The summed E-state index contributed by atoms with van der Waals surface area (Å²) in [4.78, 5) is 26.3. The normalized spacial score (nSPS) is 29.9. The maximum Gasteiger partial charge on any atom is 0.251 e. The highest BCUT2D eigenvalue weighted by molar-refractivity contribution is 6.05. The minimum Gasteiger partial charge on any atom is -0.373 e. The number of nitrogens with one attached hydrogen (secondary N) is 2. The van der Waals surface area contributed by atoms with E-state index < -0.39 is 0 Å². The third-order valence-electron chi connectivity index (χ3n) is 4.77. The molecule has 0 radical (unpaired) electrons. The maximum absolute atomic E-state index is 12.5. The smallest absolute Gasteiger partial charge is 0.251 e. The fraction of sp³-hybridized carbons (Fsp3) is 0.529. The van der Waals surface area contributed by atoms with Crippen molar-refractivity contribution in [3.8, 4) is 0 Å². The summed E-state index contributed by atoms with van der Waals surface area (Å²) in [7, 11) is 1.88. The highest BCUT2D eigenvalue weighted by Gasteiger charge is 2.31. The summed E-state index contributed by atoms with van der Waals surface area (Å²) in [5, 5.41) is 5.88. The van der Waals surface area contributed by atoms with Crippen LogP contribution in [0, 0.1) is 0 Å². The first kappa shape index (κ1) is 15.8. The van der Waals surface area contributed by atoms with Crippen LogP contribution in [0.4, 0.5) is 11.4 Å². The molecule has 0 aliphatic carbocycles. The Morgan fingerprint density at radius 1 is 1.35 bits per heavy atom. The van der Waals surface area contributed by atoms with E-state index in [1.54, 1.807) is 12.1 Å². The second-order valence-electron chi connectivity index (χ2n) is 6.48. The van der Waals surface area contributed by atoms with Crippen LogP contribution in [-0.4, -0.2) is 43.2 Å². The third-order valence-corrected chi connectivity index (χ3v) is 4.77. The van der Waals surface area contributed by atoms with Crippen molar-refractivity contribution in [1.82, 2.24) is 5.32 Å². The molecule has 4 atom stereocenters. The van der Waals surface area contributed by atoms with Crippen LogP contribution in [0.2, 0.25) is 0 Å². The van der Waals surface area contributed by atoms with Gasteiger partial charge < -0.3 is 20.3 Å². The van der Waals surface area contributed by atoms with E-state index >= 15 is 0 Å². The standard InChI is InChI=1S/C17H23N3O3/c1-9-7-13(11(3)23-9)18-17(22)12-5-6-15-14(8-12)19-16(21)10(2)20(15)4/h5-6,8-11,13H,7H2,1-4H3,(H,18,22)(H,19,21). The van der Waals surface area contributed by atoms with E-state index in [1.807, 2.05) is 38.8 Å². The SMILES string of the molecule is CC1CC(NC(=O)c2ccc3c(c2)NC(=O)C(C)N3C)C(C)O1. The summed E-state index contributed by atoms with van der Waals surface area (Å²) in [6.07, 6.45) is 0.987. The van der Waals surface area contributed by atoms with Crippen molar-refractivity contribution in [2.24, 2.45) is 0 Å². The molecule has 2 N–H and O–H groups in total. The zero-order valence-corrected chi connectivity index (χ0v) is 13.9. The van der Waals surface area contributed by atoms with Gasteiger partial charge in [-0.25, -0.2) is 0 Å². The zero-order valence-electron chi connectivity index (χ0n) is 13.9. The number of ether oxygens (including phenoxy) is 1. The molecule has 0 spiro atoms. The largest absolute Gasteiger partial charge is 0.373 e. The van der Waals surface area contributed by atoms with Gasteiger partial charge in [0.1, 0.15) is 6.04 Å². The lowest BCUT2D eigenvalue weighted by Gasteiger charge is -2.33. The molecular weight excluding hydrogens is 294 g/mol. The molecule has 2 aliphatic heterocycles. The van der Waals surface area contributed by atoms with Crippen LogP contribution >= 0.6 is 0 Å². The molecular formula is C17H23N3O3. The molecule has 1 saturated heterocycles. The van der Waals surface area contributed by atoms with Crippen LogP contribution in [0.1, 0.15) is 37.6 Å². The maximum atomic E-state index is 12.5. The summed E-state index contributed by atoms with van der Waals surface area (Å²) >= 11 is 0. The van der Waals surface area contributed by atoms with Gasteiger partial charge in [-0.1, -0.05) is 0 Å². The molecule has 1 aromatic carbocycles. The number of benzene rings is 1. The van der Waals surface area contributed by atoms with Gasteiger partial charge in [0.15, 0.2) is 0 Å². The number of rotatable bonds is 2. The van der Waals surface area contributed by atoms with Crippen molar-refractivity contribution < 1.29 is 14.3 Å². The lowest BCUT2D eigenvalue weighted by molar-refractivity contribution is -0.117. The molecule has 6 nitrogen and oxygen atoms in total. The summed E-state index contributed by atoms with van der Waals surface area (Å²) in [5.41, 5.74) is 2.13. The van der Waals surface area contributed by atoms with E-state index in [9.17, 15) is 9.59 Å². The van der Waals surface area contributed by atoms with Crippen molar-refractivity contribution in [2.75, 3.05) is 17.3 Å². The van der Waals surface area contributed by atoms with E-state index in [0.29, 0.717) is 11.3 Å². The Morgan fingerprint density at radius 3 is 2.74 bits per heavy atom. The molecule has 0 saturated carbocycles. The second-order valence-corrected chi connectivity index (χ2v) is 6.48. The Labute approximate surface area is 136 Å². The molecule has 3 rings (SSSR count). The van der Waals surface area contributed by atoms with Gasteiger partial charge in [-0.2, -0.15) is 0 Å². The molecule has 6 heteroatoms. The van der Waals surface area contributed by atoms with Crippen molar-refractivity contribution >= 4 is 23.2 Å². The second kappa shape index (κ2) is 5.85. The fourth-order valence-electron chi connectivity index (χ4n) is 3.20. The van der Waals surface area contributed by atoms with Crippen molar-refractivity contribution in [2.45, 2.75) is 51.5 Å². The number of amides is 2. The Bertz CT molecular complexity index is 646. The lowest BCUT2D eigenvalue weighted by atomic mass is 10.1. The minimum atomic E-state index is -0.222. The van der Waals surface area contributed by atoms with Crippen LogP contribution < -0.4 is 15.5 Å². The Balaban J connectivity index is 1.78. The quantitative estimate of drug-likeness (QED) is 0.872. The van der Waals surface area contributed by atoms with E-state index in [-0.39, 0.29) is 36.1 Å². The monoisotopic (exact) mass is 317 g/mol. The van der Waals surface area contributed by atoms with E-state index in [2.05, 4.69) is 10.6 Å². The van der Waals surface area contributed by atoms with Gasteiger partial charge in [-0.3, -0.25) is 9.59 Å². The molecule has 1 aromatic rings. The Morgan fingerprint density at radius 2 is 2.09 bits per heavy atom. The summed E-state index contributed by atoms with van der Waals surface area (Å²) in [6, 6.07) is 5.19. The van der Waals surface area contributed by atoms with Gasteiger partial charge in [-0.05, 0) is 45.4 Å². The van der Waals surface area contributed by atoms with Crippen LogP contribution in [0.15, 0.2) is 18.2 Å². The third kappa shape index (κ3) is 2.91. The van der Waals surface area contributed by atoms with Gasteiger partial charge in [0.2, 0.25) is 5.91 Å². The van der Waals surface area contributed by atoms with Gasteiger partial charge >= 0.3 is 0 Å². The fourth-order valence-corrected chi connectivity index (χ4v) is 3.20. The molecule has 2 amide bonds. The summed E-state index contributed by atoms with van der Waals surface area (Å²) < 4.78 is 5.66. The number of fused-ring (bicyclic) bond motifs is 1. The van der Waals surface area contributed by atoms with E-state index in [1.165, 1.54) is 0 Å². The summed E-state index contributed by atoms with van der Waals surface area (Å²) in [6.45, 7) is 5.83. The molecule has 2 heterocycles. The van der Waals surface area contributed by atoms with Gasteiger partial charge in [0, 0.05) is 12.6 Å². The number of hydrogen-bond acceptors (Lipinski definition) is 4. The zero-order chi connectivity index (χ0) is 16.7. The van der Waals surface area contributed by atoms with Crippen LogP contribution in [-0.2, 0) is 9.53 Å². The number of likely N-dealkylation sites (N-methyl/N-ethyl adjacent to an activating group) is 1. The average molecular weight is 317 g/mol. The van der Waals surface area contributed by atoms with E-state index in [4.69, 9.17) is 4.74 Å². The highest BCUT2D eigenvalue weighted by Crippen LogP contribution is 2.31. The minimum absolute atomic E-state index is 0.0123. The molecule has 4 unspecified atom stereocenters. The predicted octanol–water partition coefficient (Wildman–Crippen LogP) is 1.76. The molecule has 124 valence electrons. The molecule has 23 heavy (non-hydrogen) atoms. The van der Waals surface area contributed by atoms with Crippen LogP contribution in [0.25, 0.3) is 0 Å². The van der Waals surface area contributed by atoms with Gasteiger partial charge in [0.25, 0.3) is 5.91 Å². The molecule has 0 bridgehead atoms. The highest BCUT2D eigenvalue weighted by atomic mass is 16.5. The predicted molar refractivity (Wildman–Crippen MR) is 88.8 cm³/mol. The topological polar surface area (TPSA) is 70.7 Å². The molecule has 1 fully saturated rings. The first-order valence-corrected chi connectivity index (χ1v) is 8.01. The number of carbonyl (C=O) groups excluding carboxylic acids is 2. The average Bonchev–Trinajstić information content (AvgIpc) is 2.82. The lowest BCUT2D eigenvalue weighted by Crippen LogP contribution is -2.44. The van der Waals surface area contributed by atoms with Gasteiger partial charge in [-0.15, -0.1) is 0 Å².